The van der Waals surface area contributed by atoms with Crippen molar-refractivity contribution in [3.63, 3.8) is 0 Å². The zero-order chi connectivity index (χ0) is 20.3. The Hall–Kier alpha value is -1.89. The maximum Gasteiger partial charge on any atom is 0.254 e. The number of sulfone groups is 1. The van der Waals surface area contributed by atoms with Crippen LogP contribution in [0.15, 0.2) is 23.1 Å². The lowest BCUT2D eigenvalue weighted by atomic mass is 9.94. The van der Waals surface area contributed by atoms with Crippen molar-refractivity contribution in [3.8, 4) is 0 Å². The summed E-state index contributed by atoms with van der Waals surface area (Å²) in [6.07, 6.45) is 7.05. The Bertz CT molecular complexity index is 834. The van der Waals surface area contributed by atoms with E-state index in [-0.39, 0.29) is 22.6 Å². The van der Waals surface area contributed by atoms with Crippen LogP contribution < -0.4 is 0 Å². The van der Waals surface area contributed by atoms with Crippen molar-refractivity contribution in [1.29, 1.82) is 0 Å². The van der Waals surface area contributed by atoms with E-state index in [2.05, 4.69) is 0 Å². The third-order valence-corrected chi connectivity index (χ3v) is 7.03. The maximum atomic E-state index is 13.0. The first kappa shape index (κ1) is 20.8. The first-order valence-corrected chi connectivity index (χ1v) is 12.1. The van der Waals surface area contributed by atoms with Crippen LogP contribution in [-0.2, 0) is 14.6 Å². The number of piperidine rings is 1. The molecule has 0 N–H and O–H groups in total. The topological polar surface area (TPSA) is 74.8 Å². The van der Waals surface area contributed by atoms with Gasteiger partial charge >= 0.3 is 0 Å². The van der Waals surface area contributed by atoms with Gasteiger partial charge < -0.3 is 9.80 Å². The van der Waals surface area contributed by atoms with Gasteiger partial charge in [-0.2, -0.15) is 0 Å². The SMILES string of the molecule is Cc1ccc(S(C)(=O)=O)cc1C(=O)N1CCC(C(=O)N2CCCCCC2)CC1. The molecule has 28 heavy (non-hydrogen) atoms. The Kier molecular flexibility index (Phi) is 6.43. The van der Waals surface area contributed by atoms with E-state index in [1.54, 1.807) is 11.0 Å². The van der Waals surface area contributed by atoms with Crippen molar-refractivity contribution in [1.82, 2.24) is 9.80 Å². The Morgan fingerprint density at radius 3 is 2.11 bits per heavy atom. The number of nitrogens with zero attached hydrogens (tertiary/aromatic N) is 2. The number of aryl methyl sites for hydroxylation is 1. The van der Waals surface area contributed by atoms with Crippen molar-refractivity contribution in [3.05, 3.63) is 29.3 Å². The van der Waals surface area contributed by atoms with E-state index in [0.717, 1.165) is 37.8 Å². The monoisotopic (exact) mass is 406 g/mol. The zero-order valence-electron chi connectivity index (χ0n) is 16.8. The van der Waals surface area contributed by atoms with Crippen LogP contribution in [0.4, 0.5) is 0 Å². The molecule has 0 aromatic heterocycles. The number of benzene rings is 1. The summed E-state index contributed by atoms with van der Waals surface area (Å²) in [5, 5.41) is 0. The Labute approximate surface area is 167 Å². The third kappa shape index (κ3) is 4.74. The van der Waals surface area contributed by atoms with Crippen LogP contribution in [0.2, 0.25) is 0 Å². The molecule has 2 amide bonds. The molecule has 0 atom stereocenters. The van der Waals surface area contributed by atoms with Crippen LogP contribution >= 0.6 is 0 Å². The van der Waals surface area contributed by atoms with Gasteiger partial charge in [0.2, 0.25) is 5.91 Å². The van der Waals surface area contributed by atoms with Gasteiger partial charge in [-0.3, -0.25) is 9.59 Å². The number of hydrogen-bond donors (Lipinski definition) is 0. The van der Waals surface area contributed by atoms with E-state index >= 15 is 0 Å². The summed E-state index contributed by atoms with van der Waals surface area (Å²) in [5.41, 5.74) is 1.19. The van der Waals surface area contributed by atoms with E-state index in [1.165, 1.54) is 25.0 Å². The van der Waals surface area contributed by atoms with Crippen LogP contribution in [0, 0.1) is 12.8 Å². The van der Waals surface area contributed by atoms with Gasteiger partial charge in [0, 0.05) is 43.9 Å². The van der Waals surface area contributed by atoms with Gasteiger partial charge in [-0.05, 0) is 50.3 Å². The molecule has 6 nitrogen and oxygen atoms in total. The van der Waals surface area contributed by atoms with Gasteiger partial charge in [-0.25, -0.2) is 8.42 Å². The lowest BCUT2D eigenvalue weighted by Gasteiger charge is -2.34. The molecule has 154 valence electrons. The minimum atomic E-state index is -3.36. The smallest absolute Gasteiger partial charge is 0.254 e. The van der Waals surface area contributed by atoms with Crippen LogP contribution in [0.5, 0.6) is 0 Å². The first-order chi connectivity index (χ1) is 13.3. The summed E-state index contributed by atoms with van der Waals surface area (Å²) in [5.74, 6) is 0.0820. The van der Waals surface area contributed by atoms with E-state index in [0.29, 0.717) is 31.5 Å². The van der Waals surface area contributed by atoms with Crippen LogP contribution in [0.25, 0.3) is 0 Å². The molecular formula is C21H30N2O4S. The van der Waals surface area contributed by atoms with E-state index in [1.807, 2.05) is 11.8 Å². The molecule has 0 spiro atoms. The number of rotatable bonds is 3. The van der Waals surface area contributed by atoms with Gasteiger partial charge in [-0.1, -0.05) is 18.9 Å². The Balaban J connectivity index is 1.65. The molecule has 0 saturated carbocycles. The molecule has 1 aromatic rings. The molecule has 3 rings (SSSR count). The molecule has 7 heteroatoms. The summed E-state index contributed by atoms with van der Waals surface area (Å²) < 4.78 is 23.6. The normalized spacial score (nSPS) is 19.4. The number of amides is 2. The van der Waals surface area contributed by atoms with Crippen molar-refractivity contribution in [2.45, 2.75) is 50.3 Å². The largest absolute Gasteiger partial charge is 0.342 e. The standard InChI is InChI=1S/C21H30N2O4S/c1-16-7-8-18(28(2,26)27)15-19(16)21(25)23-13-9-17(10-14-23)20(24)22-11-5-3-4-6-12-22/h7-8,15,17H,3-6,9-14H2,1-2H3. The van der Waals surface area contributed by atoms with Crippen molar-refractivity contribution >= 4 is 21.7 Å². The summed E-state index contributed by atoms with van der Waals surface area (Å²) >= 11 is 0. The second-order valence-electron chi connectivity index (χ2n) is 8.05. The predicted molar refractivity (Wildman–Crippen MR) is 108 cm³/mol. The predicted octanol–water partition coefficient (Wildman–Crippen LogP) is 2.65. The number of likely N-dealkylation sites (tertiary alicyclic amines) is 2. The summed E-state index contributed by atoms with van der Waals surface area (Å²) in [4.78, 5) is 29.7. The maximum absolute atomic E-state index is 13.0. The molecule has 2 aliphatic heterocycles. The molecular weight excluding hydrogens is 376 g/mol. The fourth-order valence-electron chi connectivity index (χ4n) is 4.11. The van der Waals surface area contributed by atoms with E-state index in [9.17, 15) is 18.0 Å². The molecule has 1 aromatic carbocycles. The average molecular weight is 407 g/mol. The highest BCUT2D eigenvalue weighted by Crippen LogP contribution is 2.24. The van der Waals surface area contributed by atoms with Crippen LogP contribution in [0.1, 0.15) is 54.4 Å². The fourth-order valence-corrected chi connectivity index (χ4v) is 4.76. The molecule has 2 saturated heterocycles. The summed E-state index contributed by atoms with van der Waals surface area (Å²) in [7, 11) is -3.36. The molecule has 0 radical (unpaired) electrons. The summed E-state index contributed by atoms with van der Waals surface area (Å²) in [6.45, 7) is 4.59. The number of hydrogen-bond acceptors (Lipinski definition) is 4. The lowest BCUT2D eigenvalue weighted by Crippen LogP contribution is -2.44. The van der Waals surface area contributed by atoms with Crippen molar-refractivity contribution in [2.24, 2.45) is 5.92 Å². The van der Waals surface area contributed by atoms with E-state index < -0.39 is 9.84 Å². The van der Waals surface area contributed by atoms with Crippen molar-refractivity contribution < 1.29 is 18.0 Å². The zero-order valence-corrected chi connectivity index (χ0v) is 17.6. The van der Waals surface area contributed by atoms with E-state index in [4.69, 9.17) is 0 Å². The summed E-state index contributed by atoms with van der Waals surface area (Å²) in [6, 6.07) is 4.69. The highest BCUT2D eigenvalue weighted by Gasteiger charge is 2.31. The van der Waals surface area contributed by atoms with Crippen LogP contribution in [0.3, 0.4) is 0 Å². The number of carbonyl (C=O) groups excluding carboxylic acids is 2. The fraction of sp³-hybridized carbons (Fsp3) is 0.619. The van der Waals surface area contributed by atoms with Gasteiger partial charge in [0.25, 0.3) is 5.91 Å². The minimum Gasteiger partial charge on any atom is -0.342 e. The Morgan fingerprint density at radius 2 is 1.54 bits per heavy atom. The highest BCUT2D eigenvalue weighted by atomic mass is 32.2. The minimum absolute atomic E-state index is 0.00870. The average Bonchev–Trinajstić information content (AvgIpc) is 2.96. The second kappa shape index (κ2) is 8.64. The van der Waals surface area contributed by atoms with Gasteiger partial charge in [0.1, 0.15) is 0 Å². The quantitative estimate of drug-likeness (QED) is 0.773. The molecule has 2 fully saturated rings. The second-order valence-corrected chi connectivity index (χ2v) is 10.1. The van der Waals surface area contributed by atoms with Crippen LogP contribution in [-0.4, -0.2) is 62.5 Å². The van der Waals surface area contributed by atoms with Gasteiger partial charge in [0.05, 0.1) is 4.90 Å². The Morgan fingerprint density at radius 1 is 0.929 bits per heavy atom. The molecule has 0 bridgehead atoms. The highest BCUT2D eigenvalue weighted by molar-refractivity contribution is 7.90. The molecule has 0 unspecified atom stereocenters. The first-order valence-electron chi connectivity index (χ1n) is 10.2. The molecule has 2 heterocycles. The van der Waals surface area contributed by atoms with Crippen molar-refractivity contribution in [2.75, 3.05) is 32.4 Å². The molecule has 2 aliphatic rings. The van der Waals surface area contributed by atoms with Gasteiger partial charge in [-0.15, -0.1) is 0 Å². The molecule has 0 aliphatic carbocycles. The van der Waals surface area contributed by atoms with Gasteiger partial charge in [0.15, 0.2) is 9.84 Å². The lowest BCUT2D eigenvalue weighted by molar-refractivity contribution is -0.136. The third-order valence-electron chi connectivity index (χ3n) is 5.92. The number of carbonyl (C=O) groups is 2.